The predicted octanol–water partition coefficient (Wildman–Crippen LogP) is 2.84. The third-order valence-corrected chi connectivity index (χ3v) is 4.70. The Hall–Kier alpha value is -2.24. The van der Waals surface area contributed by atoms with Crippen LogP contribution in [0.15, 0.2) is 48.5 Å². The zero-order valence-corrected chi connectivity index (χ0v) is 15.4. The second-order valence-electron chi connectivity index (χ2n) is 6.41. The molecule has 2 aliphatic heterocycles. The van der Waals surface area contributed by atoms with Gasteiger partial charge in [-0.05, 0) is 23.8 Å². The number of benzene rings is 2. The van der Waals surface area contributed by atoms with Crippen molar-refractivity contribution >= 4 is 18.3 Å². The molecule has 2 aromatic carbocycles. The lowest BCUT2D eigenvalue weighted by molar-refractivity contribution is 0.0627. The van der Waals surface area contributed by atoms with Crippen molar-refractivity contribution in [3.05, 3.63) is 59.7 Å². The summed E-state index contributed by atoms with van der Waals surface area (Å²) < 4.78 is 11.1. The van der Waals surface area contributed by atoms with E-state index >= 15 is 0 Å². The normalized spacial score (nSPS) is 16.7. The summed E-state index contributed by atoms with van der Waals surface area (Å²) in [5.74, 6) is 1.45. The van der Waals surface area contributed by atoms with Gasteiger partial charge in [0.25, 0.3) is 5.91 Å². The van der Waals surface area contributed by atoms with E-state index in [2.05, 4.69) is 29.2 Å². The summed E-state index contributed by atoms with van der Waals surface area (Å²) in [5.41, 5.74) is 1.98. The first-order chi connectivity index (χ1) is 12.3. The van der Waals surface area contributed by atoms with Gasteiger partial charge in [0.05, 0.1) is 0 Å². The van der Waals surface area contributed by atoms with Crippen LogP contribution in [-0.2, 0) is 6.54 Å². The lowest BCUT2D eigenvalue weighted by atomic mass is 10.1. The number of ether oxygens (including phenoxy) is 2. The van der Waals surface area contributed by atoms with Gasteiger partial charge in [0, 0.05) is 38.3 Å². The van der Waals surface area contributed by atoms with Gasteiger partial charge in [-0.2, -0.15) is 0 Å². The fraction of sp³-hybridized carbons (Fsp3) is 0.350. The lowest BCUT2D eigenvalue weighted by Crippen LogP contribution is -2.48. The molecule has 0 N–H and O–H groups in total. The van der Waals surface area contributed by atoms with Crippen LogP contribution in [0.25, 0.3) is 0 Å². The molecule has 0 atom stereocenters. The minimum atomic E-state index is 0. The van der Waals surface area contributed by atoms with E-state index in [9.17, 15) is 4.79 Å². The number of amides is 1. The Labute approximate surface area is 159 Å². The Kier molecular flexibility index (Phi) is 6.01. The third-order valence-electron chi connectivity index (χ3n) is 4.70. The summed E-state index contributed by atoms with van der Waals surface area (Å²) in [6.07, 6.45) is 0. The second-order valence-corrected chi connectivity index (χ2v) is 6.41. The van der Waals surface area contributed by atoms with Gasteiger partial charge in [-0.3, -0.25) is 9.69 Å². The van der Waals surface area contributed by atoms with E-state index in [1.165, 1.54) is 5.56 Å². The molecule has 0 aliphatic carbocycles. The van der Waals surface area contributed by atoms with E-state index in [0.29, 0.717) is 24.5 Å². The number of fused-ring (bicyclic) bond motifs is 1. The highest BCUT2D eigenvalue weighted by Gasteiger charge is 2.23. The smallest absolute Gasteiger partial charge is 0.254 e. The van der Waals surface area contributed by atoms with Crippen LogP contribution in [0.3, 0.4) is 0 Å². The van der Waals surface area contributed by atoms with Gasteiger partial charge in [0.15, 0.2) is 11.5 Å². The highest BCUT2D eigenvalue weighted by atomic mass is 35.5. The number of halogens is 1. The average molecular weight is 375 g/mol. The highest BCUT2D eigenvalue weighted by molar-refractivity contribution is 5.95. The molecular formula is C20H23ClN2O3. The summed E-state index contributed by atoms with van der Waals surface area (Å²) in [5, 5.41) is 0. The van der Waals surface area contributed by atoms with Crippen molar-refractivity contribution in [1.29, 1.82) is 0 Å². The zero-order valence-electron chi connectivity index (χ0n) is 14.6. The van der Waals surface area contributed by atoms with E-state index in [1.807, 2.05) is 23.1 Å². The summed E-state index contributed by atoms with van der Waals surface area (Å²) in [6, 6.07) is 15.9. The molecule has 5 nitrogen and oxygen atoms in total. The van der Waals surface area contributed by atoms with Crippen LogP contribution in [0.1, 0.15) is 15.9 Å². The van der Waals surface area contributed by atoms with Crippen molar-refractivity contribution in [2.75, 3.05) is 39.4 Å². The second kappa shape index (κ2) is 8.43. The molecule has 4 rings (SSSR count). The van der Waals surface area contributed by atoms with E-state index in [0.717, 1.165) is 38.5 Å². The molecule has 0 aromatic heterocycles. The summed E-state index contributed by atoms with van der Waals surface area (Å²) in [6.45, 7) is 5.32. The van der Waals surface area contributed by atoms with Crippen molar-refractivity contribution in [1.82, 2.24) is 9.80 Å². The van der Waals surface area contributed by atoms with E-state index in [-0.39, 0.29) is 18.3 Å². The molecule has 1 saturated heterocycles. The monoisotopic (exact) mass is 374 g/mol. The number of carbonyl (C=O) groups is 1. The Morgan fingerprint density at radius 1 is 0.885 bits per heavy atom. The van der Waals surface area contributed by atoms with Crippen molar-refractivity contribution in [2.45, 2.75) is 6.54 Å². The maximum Gasteiger partial charge on any atom is 0.254 e. The minimum absolute atomic E-state index is 0. The molecular weight excluding hydrogens is 352 g/mol. The zero-order chi connectivity index (χ0) is 17.1. The SMILES string of the molecule is Cl.O=C(c1ccc2c(c1)OCCO2)N1CCN(Cc2ccccc2)CC1. The molecule has 138 valence electrons. The summed E-state index contributed by atoms with van der Waals surface area (Å²) >= 11 is 0. The first kappa shape index (κ1) is 18.5. The van der Waals surface area contributed by atoms with E-state index < -0.39 is 0 Å². The van der Waals surface area contributed by atoms with Gasteiger partial charge < -0.3 is 14.4 Å². The highest BCUT2D eigenvalue weighted by Crippen LogP contribution is 2.31. The van der Waals surface area contributed by atoms with Gasteiger partial charge >= 0.3 is 0 Å². The Balaban J connectivity index is 0.00000196. The largest absolute Gasteiger partial charge is 0.486 e. The molecule has 1 fully saturated rings. The van der Waals surface area contributed by atoms with Crippen molar-refractivity contribution < 1.29 is 14.3 Å². The molecule has 1 amide bonds. The molecule has 0 spiro atoms. The molecule has 0 radical (unpaired) electrons. The maximum absolute atomic E-state index is 12.8. The standard InChI is InChI=1S/C20H22N2O3.ClH/c23-20(17-6-7-18-19(14-17)25-13-12-24-18)22-10-8-21(9-11-22)15-16-4-2-1-3-5-16;/h1-7,14H,8-13,15H2;1H. The van der Waals surface area contributed by atoms with E-state index in [1.54, 1.807) is 6.07 Å². The number of piperazine rings is 1. The number of hydrogen-bond acceptors (Lipinski definition) is 4. The average Bonchev–Trinajstić information content (AvgIpc) is 2.68. The quantitative estimate of drug-likeness (QED) is 0.828. The Morgan fingerprint density at radius 2 is 1.58 bits per heavy atom. The van der Waals surface area contributed by atoms with Gasteiger partial charge in [0.1, 0.15) is 13.2 Å². The van der Waals surface area contributed by atoms with Crippen LogP contribution in [-0.4, -0.2) is 55.1 Å². The first-order valence-corrected chi connectivity index (χ1v) is 8.75. The molecule has 2 aromatic rings. The topological polar surface area (TPSA) is 42.0 Å². The summed E-state index contributed by atoms with van der Waals surface area (Å²) in [4.78, 5) is 17.1. The molecule has 2 heterocycles. The number of carbonyl (C=O) groups excluding carboxylic acids is 1. The number of rotatable bonds is 3. The van der Waals surface area contributed by atoms with Crippen LogP contribution in [0, 0.1) is 0 Å². The molecule has 0 unspecified atom stereocenters. The predicted molar refractivity (Wildman–Crippen MR) is 102 cm³/mol. The lowest BCUT2D eigenvalue weighted by Gasteiger charge is -2.35. The molecule has 26 heavy (non-hydrogen) atoms. The molecule has 0 saturated carbocycles. The fourth-order valence-corrected chi connectivity index (χ4v) is 3.31. The Bertz CT molecular complexity index is 746. The van der Waals surface area contributed by atoms with Crippen LogP contribution in [0.5, 0.6) is 11.5 Å². The molecule has 2 aliphatic rings. The van der Waals surface area contributed by atoms with Crippen LogP contribution >= 0.6 is 12.4 Å². The first-order valence-electron chi connectivity index (χ1n) is 8.75. The van der Waals surface area contributed by atoms with Gasteiger partial charge in [-0.1, -0.05) is 30.3 Å². The van der Waals surface area contributed by atoms with Crippen LogP contribution in [0.4, 0.5) is 0 Å². The minimum Gasteiger partial charge on any atom is -0.486 e. The van der Waals surface area contributed by atoms with Gasteiger partial charge in [0.2, 0.25) is 0 Å². The molecule has 6 heteroatoms. The fourth-order valence-electron chi connectivity index (χ4n) is 3.31. The van der Waals surface area contributed by atoms with Crippen molar-refractivity contribution in [3.63, 3.8) is 0 Å². The molecule has 0 bridgehead atoms. The summed E-state index contributed by atoms with van der Waals surface area (Å²) in [7, 11) is 0. The Morgan fingerprint density at radius 3 is 2.31 bits per heavy atom. The van der Waals surface area contributed by atoms with Crippen LogP contribution < -0.4 is 9.47 Å². The van der Waals surface area contributed by atoms with Gasteiger partial charge in [-0.15, -0.1) is 12.4 Å². The third kappa shape index (κ3) is 4.11. The van der Waals surface area contributed by atoms with Crippen molar-refractivity contribution in [3.8, 4) is 11.5 Å². The van der Waals surface area contributed by atoms with E-state index in [4.69, 9.17) is 9.47 Å². The van der Waals surface area contributed by atoms with Crippen molar-refractivity contribution in [2.24, 2.45) is 0 Å². The number of nitrogens with zero attached hydrogens (tertiary/aromatic N) is 2. The van der Waals surface area contributed by atoms with Crippen LogP contribution in [0.2, 0.25) is 0 Å². The maximum atomic E-state index is 12.8. The number of hydrogen-bond donors (Lipinski definition) is 0. The van der Waals surface area contributed by atoms with Gasteiger partial charge in [-0.25, -0.2) is 0 Å².